The molecular formula is C26H43NO3. The van der Waals surface area contributed by atoms with Crippen molar-refractivity contribution in [1.82, 2.24) is 5.32 Å². The molecule has 0 aromatic carbocycles. The standard InChI is InChI=1S/C21H32O2.C5H11NO/c1-20-9-3-4-17(20)16-6-5-15-12-14(13-19(22)23)7-11-21(15,2)18(16)8-10-20;1-5(2,3)6-4-7/h7,15-18H,3-6,8-13H2,1-2H3,(H,22,23);4H,1-3H3,(H,6,7)/t15-,16-,17-,18-,20-,21-;/m0./s1. The van der Waals surface area contributed by atoms with Crippen molar-refractivity contribution in [2.45, 2.75) is 104 Å². The fourth-order valence-corrected chi connectivity index (χ4v) is 7.46. The van der Waals surface area contributed by atoms with Gasteiger partial charge in [-0.1, -0.05) is 31.9 Å². The molecule has 4 rings (SSSR count). The van der Waals surface area contributed by atoms with Crippen LogP contribution in [0.15, 0.2) is 11.6 Å². The molecule has 0 aromatic heterocycles. The maximum absolute atomic E-state index is 11.1. The number of hydrogen-bond acceptors (Lipinski definition) is 2. The molecule has 30 heavy (non-hydrogen) atoms. The van der Waals surface area contributed by atoms with Crippen LogP contribution >= 0.6 is 0 Å². The maximum atomic E-state index is 11.1. The van der Waals surface area contributed by atoms with Crippen molar-refractivity contribution < 1.29 is 14.7 Å². The molecule has 4 aliphatic carbocycles. The summed E-state index contributed by atoms with van der Waals surface area (Å²) >= 11 is 0. The first-order chi connectivity index (χ1) is 14.0. The molecule has 1 amide bonds. The molecule has 0 heterocycles. The topological polar surface area (TPSA) is 66.4 Å². The lowest BCUT2D eigenvalue weighted by Crippen LogP contribution is -2.51. The van der Waals surface area contributed by atoms with Gasteiger partial charge in [-0.25, -0.2) is 0 Å². The van der Waals surface area contributed by atoms with Crippen LogP contribution in [0.3, 0.4) is 0 Å². The number of nitrogens with one attached hydrogen (secondary N) is 1. The molecular weight excluding hydrogens is 374 g/mol. The third-order valence-electron chi connectivity index (χ3n) is 9.06. The van der Waals surface area contributed by atoms with Gasteiger partial charge in [-0.2, -0.15) is 0 Å². The van der Waals surface area contributed by atoms with Crippen LogP contribution in [0.2, 0.25) is 0 Å². The lowest BCUT2D eigenvalue weighted by Gasteiger charge is -2.59. The normalized spacial score (nSPS) is 40.0. The summed E-state index contributed by atoms with van der Waals surface area (Å²) in [5.74, 6) is 2.89. The smallest absolute Gasteiger partial charge is 0.307 e. The second-order valence-corrected chi connectivity index (χ2v) is 12.1. The fraction of sp³-hybridized carbons (Fsp3) is 0.846. The molecule has 0 aromatic rings. The molecule has 4 aliphatic rings. The molecule has 0 saturated heterocycles. The van der Waals surface area contributed by atoms with Crippen LogP contribution in [0.4, 0.5) is 0 Å². The number of carboxylic acids is 1. The lowest BCUT2D eigenvalue weighted by atomic mass is 9.45. The average molecular weight is 418 g/mol. The predicted molar refractivity (Wildman–Crippen MR) is 121 cm³/mol. The summed E-state index contributed by atoms with van der Waals surface area (Å²) in [6, 6.07) is 0. The van der Waals surface area contributed by atoms with Gasteiger partial charge in [0, 0.05) is 5.54 Å². The van der Waals surface area contributed by atoms with E-state index in [-0.39, 0.29) is 12.0 Å². The van der Waals surface area contributed by atoms with Gasteiger partial charge in [0.25, 0.3) is 0 Å². The third-order valence-corrected chi connectivity index (χ3v) is 9.06. The van der Waals surface area contributed by atoms with E-state index in [1.165, 1.54) is 50.5 Å². The Morgan fingerprint density at radius 1 is 1.17 bits per heavy atom. The third kappa shape index (κ3) is 4.78. The highest BCUT2D eigenvalue weighted by Crippen LogP contribution is 2.66. The van der Waals surface area contributed by atoms with E-state index in [2.05, 4.69) is 25.2 Å². The van der Waals surface area contributed by atoms with Gasteiger partial charge in [0.1, 0.15) is 0 Å². The number of hydrogen-bond donors (Lipinski definition) is 2. The number of aliphatic carboxylic acids is 1. The summed E-state index contributed by atoms with van der Waals surface area (Å²) in [6.07, 6.45) is 15.4. The molecule has 4 heteroatoms. The fourth-order valence-electron chi connectivity index (χ4n) is 7.46. The largest absolute Gasteiger partial charge is 0.481 e. The van der Waals surface area contributed by atoms with Gasteiger partial charge in [0.05, 0.1) is 6.42 Å². The maximum Gasteiger partial charge on any atom is 0.307 e. The summed E-state index contributed by atoms with van der Waals surface area (Å²) in [5.41, 5.74) is 2.21. The second kappa shape index (κ2) is 8.67. The zero-order valence-corrected chi connectivity index (χ0v) is 19.8. The predicted octanol–water partition coefficient (Wildman–Crippen LogP) is 5.96. The quantitative estimate of drug-likeness (QED) is 0.440. The van der Waals surface area contributed by atoms with E-state index in [4.69, 9.17) is 5.11 Å². The van der Waals surface area contributed by atoms with Gasteiger partial charge in [-0.05, 0) is 107 Å². The first-order valence-electron chi connectivity index (χ1n) is 12.1. The highest BCUT2D eigenvalue weighted by molar-refractivity contribution is 5.70. The van der Waals surface area contributed by atoms with Crippen LogP contribution in [0, 0.1) is 34.5 Å². The van der Waals surface area contributed by atoms with Crippen LogP contribution < -0.4 is 5.32 Å². The Morgan fingerprint density at radius 2 is 1.90 bits per heavy atom. The van der Waals surface area contributed by atoms with E-state index in [0.717, 1.165) is 36.5 Å². The van der Waals surface area contributed by atoms with Gasteiger partial charge in [-0.15, -0.1) is 0 Å². The van der Waals surface area contributed by atoms with E-state index in [1.54, 1.807) is 0 Å². The summed E-state index contributed by atoms with van der Waals surface area (Å²) in [4.78, 5) is 20.8. The molecule has 0 bridgehead atoms. The number of carboxylic acid groups (broad SMARTS) is 1. The number of carbonyl (C=O) groups is 2. The Morgan fingerprint density at radius 3 is 2.50 bits per heavy atom. The van der Waals surface area contributed by atoms with Crippen molar-refractivity contribution in [2.75, 3.05) is 0 Å². The molecule has 170 valence electrons. The summed E-state index contributed by atoms with van der Waals surface area (Å²) in [5, 5.41) is 11.7. The molecule has 4 nitrogen and oxygen atoms in total. The summed E-state index contributed by atoms with van der Waals surface area (Å²) in [7, 11) is 0. The Balaban J connectivity index is 0.000000318. The highest BCUT2D eigenvalue weighted by atomic mass is 16.4. The number of amides is 1. The first-order valence-corrected chi connectivity index (χ1v) is 12.1. The van der Waals surface area contributed by atoms with Crippen molar-refractivity contribution in [3.8, 4) is 0 Å². The number of carbonyl (C=O) groups excluding carboxylic acids is 1. The van der Waals surface area contributed by atoms with Crippen LogP contribution in [-0.2, 0) is 9.59 Å². The SMILES string of the molecule is CC(C)(C)NC=O.C[C@@]12CCC[C@H]1[C@@H]1CC[C@H]3CC(CC(=O)O)=CC[C@]3(C)[C@H]1CC2. The number of rotatable bonds is 3. The highest BCUT2D eigenvalue weighted by Gasteiger charge is 2.57. The number of fused-ring (bicyclic) bond motifs is 5. The zero-order valence-electron chi connectivity index (χ0n) is 19.8. The minimum atomic E-state index is -0.659. The second-order valence-electron chi connectivity index (χ2n) is 12.1. The lowest BCUT2D eigenvalue weighted by molar-refractivity contribution is -0.136. The Bertz CT molecular complexity index is 678. The van der Waals surface area contributed by atoms with Crippen LogP contribution in [-0.4, -0.2) is 23.0 Å². The van der Waals surface area contributed by atoms with Gasteiger partial charge in [0.2, 0.25) is 6.41 Å². The Labute approximate surface area is 183 Å². The average Bonchev–Trinajstić information content (AvgIpc) is 3.03. The molecule has 0 spiro atoms. The Kier molecular flexibility index (Phi) is 6.74. The van der Waals surface area contributed by atoms with Crippen molar-refractivity contribution >= 4 is 12.4 Å². The molecule has 6 atom stereocenters. The van der Waals surface area contributed by atoms with Crippen molar-refractivity contribution in [2.24, 2.45) is 34.5 Å². The van der Waals surface area contributed by atoms with Crippen LogP contribution in [0.25, 0.3) is 0 Å². The van der Waals surface area contributed by atoms with Crippen molar-refractivity contribution in [3.05, 3.63) is 11.6 Å². The van der Waals surface area contributed by atoms with E-state index >= 15 is 0 Å². The monoisotopic (exact) mass is 417 g/mol. The molecule has 0 radical (unpaired) electrons. The van der Waals surface area contributed by atoms with Crippen LogP contribution in [0.1, 0.15) is 98.8 Å². The first kappa shape index (κ1) is 23.3. The Hall–Kier alpha value is -1.32. The molecule has 0 unspecified atom stereocenters. The van der Waals surface area contributed by atoms with Gasteiger partial charge in [-0.3, -0.25) is 9.59 Å². The van der Waals surface area contributed by atoms with Gasteiger partial charge >= 0.3 is 5.97 Å². The summed E-state index contributed by atoms with van der Waals surface area (Å²) in [6.45, 7) is 10.9. The van der Waals surface area contributed by atoms with Crippen LogP contribution in [0.5, 0.6) is 0 Å². The molecule has 0 aliphatic heterocycles. The summed E-state index contributed by atoms with van der Waals surface area (Å²) < 4.78 is 0. The number of allylic oxidation sites excluding steroid dienone is 1. The van der Waals surface area contributed by atoms with E-state index < -0.39 is 5.97 Å². The van der Waals surface area contributed by atoms with Crippen molar-refractivity contribution in [1.29, 1.82) is 0 Å². The molecule has 3 fully saturated rings. The van der Waals surface area contributed by atoms with E-state index in [0.29, 0.717) is 17.2 Å². The van der Waals surface area contributed by atoms with E-state index in [1.807, 2.05) is 20.8 Å². The molecule has 3 saturated carbocycles. The molecule has 2 N–H and O–H groups in total. The zero-order chi connectivity index (χ0) is 22.2. The van der Waals surface area contributed by atoms with Gasteiger partial charge in [0.15, 0.2) is 0 Å². The minimum Gasteiger partial charge on any atom is -0.481 e. The van der Waals surface area contributed by atoms with E-state index in [9.17, 15) is 9.59 Å². The van der Waals surface area contributed by atoms with Crippen molar-refractivity contribution in [3.63, 3.8) is 0 Å². The minimum absolute atomic E-state index is 0.0677. The van der Waals surface area contributed by atoms with Gasteiger partial charge < -0.3 is 10.4 Å².